The molecule has 0 aliphatic heterocycles. The molecule has 2 aromatic rings. The van der Waals surface area contributed by atoms with Gasteiger partial charge in [-0.05, 0) is 25.8 Å². The third-order valence-electron chi connectivity index (χ3n) is 4.26. The van der Waals surface area contributed by atoms with Crippen LogP contribution in [0.25, 0.3) is 17.0 Å². The first-order valence-corrected chi connectivity index (χ1v) is 7.09. The van der Waals surface area contributed by atoms with Crippen LogP contribution in [0.3, 0.4) is 0 Å². The minimum Gasteiger partial charge on any atom is -0.341 e. The number of benzene rings is 1. The van der Waals surface area contributed by atoms with Crippen LogP contribution in [0, 0.1) is 17.0 Å². The molecule has 20 heavy (non-hydrogen) atoms. The van der Waals surface area contributed by atoms with Crippen LogP contribution in [0.5, 0.6) is 0 Å². The standard InChI is InChI=1S/C16H18N2O2/c1-12-14(10-11-17(19)20)15-8-4-5-9-16(15)18(12)13-6-2-3-7-13/h4-5,8-11,13H,2-3,6-7H2,1H3/b11-10+. The van der Waals surface area contributed by atoms with Crippen molar-refractivity contribution in [2.75, 3.05) is 0 Å². The average molecular weight is 270 g/mol. The second-order valence-electron chi connectivity index (χ2n) is 5.43. The average Bonchev–Trinajstić information content (AvgIpc) is 3.02. The van der Waals surface area contributed by atoms with Crippen LogP contribution in [-0.2, 0) is 0 Å². The Morgan fingerprint density at radius 2 is 2.00 bits per heavy atom. The molecule has 1 aliphatic rings. The van der Waals surface area contributed by atoms with Gasteiger partial charge in [0.25, 0.3) is 0 Å². The van der Waals surface area contributed by atoms with Gasteiger partial charge in [-0.3, -0.25) is 10.1 Å². The van der Waals surface area contributed by atoms with E-state index in [9.17, 15) is 10.1 Å². The van der Waals surface area contributed by atoms with Gasteiger partial charge in [0.05, 0.1) is 4.92 Å². The Balaban J connectivity index is 2.19. The fourth-order valence-electron chi connectivity index (χ4n) is 3.40. The minimum atomic E-state index is -0.402. The summed E-state index contributed by atoms with van der Waals surface area (Å²) in [6.07, 6.45) is 7.63. The molecule has 1 heterocycles. The number of nitrogens with zero attached hydrogens (tertiary/aromatic N) is 2. The number of aromatic nitrogens is 1. The molecule has 1 aromatic carbocycles. The molecular weight excluding hydrogens is 252 g/mol. The van der Waals surface area contributed by atoms with Crippen molar-refractivity contribution in [3.8, 4) is 0 Å². The molecule has 1 aromatic heterocycles. The van der Waals surface area contributed by atoms with Gasteiger partial charge in [-0.15, -0.1) is 0 Å². The lowest BCUT2D eigenvalue weighted by Crippen LogP contribution is -2.06. The lowest BCUT2D eigenvalue weighted by Gasteiger charge is -2.16. The number of para-hydroxylation sites is 1. The van der Waals surface area contributed by atoms with E-state index < -0.39 is 4.92 Å². The highest BCUT2D eigenvalue weighted by Crippen LogP contribution is 2.37. The number of hydrogen-bond acceptors (Lipinski definition) is 2. The Labute approximate surface area is 117 Å². The maximum Gasteiger partial charge on any atom is 0.235 e. The summed E-state index contributed by atoms with van der Waals surface area (Å²) in [5.41, 5.74) is 3.31. The fraction of sp³-hybridized carbons (Fsp3) is 0.375. The van der Waals surface area contributed by atoms with Crippen molar-refractivity contribution in [2.45, 2.75) is 38.6 Å². The van der Waals surface area contributed by atoms with Gasteiger partial charge in [0.2, 0.25) is 6.20 Å². The van der Waals surface area contributed by atoms with E-state index in [-0.39, 0.29) is 0 Å². The molecule has 1 aliphatic carbocycles. The topological polar surface area (TPSA) is 48.1 Å². The molecule has 0 spiro atoms. The second kappa shape index (κ2) is 5.12. The normalized spacial score (nSPS) is 16.4. The van der Waals surface area contributed by atoms with E-state index in [1.165, 1.54) is 31.2 Å². The van der Waals surface area contributed by atoms with E-state index in [0.717, 1.165) is 22.8 Å². The zero-order valence-electron chi connectivity index (χ0n) is 11.6. The highest BCUT2D eigenvalue weighted by molar-refractivity contribution is 5.91. The maximum atomic E-state index is 10.6. The number of hydrogen-bond donors (Lipinski definition) is 0. The summed E-state index contributed by atoms with van der Waals surface area (Å²) in [7, 11) is 0. The highest BCUT2D eigenvalue weighted by atomic mass is 16.6. The molecule has 0 atom stereocenters. The summed E-state index contributed by atoms with van der Waals surface area (Å²) in [4.78, 5) is 10.2. The summed E-state index contributed by atoms with van der Waals surface area (Å²) >= 11 is 0. The Morgan fingerprint density at radius 1 is 1.30 bits per heavy atom. The van der Waals surface area contributed by atoms with Crippen LogP contribution in [0.1, 0.15) is 43.0 Å². The van der Waals surface area contributed by atoms with Crippen molar-refractivity contribution in [3.63, 3.8) is 0 Å². The fourth-order valence-corrected chi connectivity index (χ4v) is 3.40. The minimum absolute atomic E-state index is 0.402. The molecule has 104 valence electrons. The Kier molecular flexibility index (Phi) is 3.30. The van der Waals surface area contributed by atoms with E-state index in [1.807, 2.05) is 18.2 Å². The first-order valence-electron chi connectivity index (χ1n) is 7.09. The number of nitro groups is 1. The summed E-state index contributed by atoms with van der Waals surface area (Å²) in [5, 5.41) is 11.7. The summed E-state index contributed by atoms with van der Waals surface area (Å²) in [6, 6.07) is 8.73. The van der Waals surface area contributed by atoms with Crippen molar-refractivity contribution >= 4 is 17.0 Å². The predicted molar refractivity (Wildman–Crippen MR) is 80.2 cm³/mol. The van der Waals surface area contributed by atoms with Crippen molar-refractivity contribution < 1.29 is 4.92 Å². The zero-order valence-corrected chi connectivity index (χ0v) is 11.6. The molecule has 1 fully saturated rings. The van der Waals surface area contributed by atoms with E-state index in [2.05, 4.69) is 17.6 Å². The third kappa shape index (κ3) is 2.11. The summed E-state index contributed by atoms with van der Waals surface area (Å²) < 4.78 is 2.38. The third-order valence-corrected chi connectivity index (χ3v) is 4.26. The van der Waals surface area contributed by atoms with Gasteiger partial charge in [0.1, 0.15) is 0 Å². The molecular formula is C16H18N2O2. The van der Waals surface area contributed by atoms with Gasteiger partial charge < -0.3 is 4.57 Å². The van der Waals surface area contributed by atoms with Gasteiger partial charge >= 0.3 is 0 Å². The first-order chi connectivity index (χ1) is 9.68. The lowest BCUT2D eigenvalue weighted by atomic mass is 10.1. The van der Waals surface area contributed by atoms with Crippen molar-refractivity contribution in [2.24, 2.45) is 0 Å². The SMILES string of the molecule is Cc1c(/C=C/[N+](=O)[O-])c2ccccc2n1C1CCCC1. The monoisotopic (exact) mass is 270 g/mol. The van der Waals surface area contributed by atoms with E-state index in [1.54, 1.807) is 6.08 Å². The molecule has 0 bridgehead atoms. The summed E-state index contributed by atoms with van der Waals surface area (Å²) in [5.74, 6) is 0. The van der Waals surface area contributed by atoms with Gasteiger partial charge in [0, 0.05) is 34.3 Å². The van der Waals surface area contributed by atoms with Crippen molar-refractivity contribution in [1.29, 1.82) is 0 Å². The van der Waals surface area contributed by atoms with Gasteiger partial charge in [-0.2, -0.15) is 0 Å². The van der Waals surface area contributed by atoms with Crippen molar-refractivity contribution in [1.82, 2.24) is 4.57 Å². The lowest BCUT2D eigenvalue weighted by molar-refractivity contribution is -0.400. The second-order valence-corrected chi connectivity index (χ2v) is 5.43. The Morgan fingerprint density at radius 3 is 2.70 bits per heavy atom. The van der Waals surface area contributed by atoms with Crippen LogP contribution in [0.4, 0.5) is 0 Å². The van der Waals surface area contributed by atoms with E-state index >= 15 is 0 Å². The Bertz CT molecular complexity index is 679. The quantitative estimate of drug-likeness (QED) is 0.616. The van der Waals surface area contributed by atoms with Crippen LogP contribution >= 0.6 is 0 Å². The van der Waals surface area contributed by atoms with Crippen molar-refractivity contribution in [3.05, 3.63) is 51.8 Å². The van der Waals surface area contributed by atoms with E-state index in [0.29, 0.717) is 6.04 Å². The number of rotatable bonds is 3. The Hall–Kier alpha value is -2.10. The van der Waals surface area contributed by atoms with Gasteiger partial charge in [-0.25, -0.2) is 0 Å². The number of fused-ring (bicyclic) bond motifs is 1. The molecule has 4 nitrogen and oxygen atoms in total. The van der Waals surface area contributed by atoms with Gasteiger partial charge in [0.15, 0.2) is 0 Å². The maximum absolute atomic E-state index is 10.6. The van der Waals surface area contributed by atoms with E-state index in [4.69, 9.17) is 0 Å². The van der Waals surface area contributed by atoms with Gasteiger partial charge in [-0.1, -0.05) is 31.0 Å². The molecule has 0 N–H and O–H groups in total. The molecule has 3 rings (SSSR count). The molecule has 0 amide bonds. The predicted octanol–water partition coefficient (Wildman–Crippen LogP) is 4.31. The van der Waals surface area contributed by atoms with Crippen LogP contribution in [0.15, 0.2) is 30.5 Å². The zero-order chi connectivity index (χ0) is 14.1. The molecule has 1 saturated carbocycles. The van der Waals surface area contributed by atoms with Crippen LogP contribution < -0.4 is 0 Å². The molecule has 4 heteroatoms. The van der Waals surface area contributed by atoms with Crippen LogP contribution in [0.2, 0.25) is 0 Å². The molecule has 0 saturated heterocycles. The van der Waals surface area contributed by atoms with Crippen LogP contribution in [-0.4, -0.2) is 9.49 Å². The smallest absolute Gasteiger partial charge is 0.235 e. The first kappa shape index (κ1) is 12.9. The summed E-state index contributed by atoms with van der Waals surface area (Å²) in [6.45, 7) is 2.07. The highest BCUT2D eigenvalue weighted by Gasteiger charge is 2.22. The molecule has 0 radical (unpaired) electrons. The largest absolute Gasteiger partial charge is 0.341 e. The molecule has 0 unspecified atom stereocenters.